The minimum atomic E-state index is 0.800. The Labute approximate surface area is 79.8 Å². The van der Waals surface area contributed by atoms with Crippen LogP contribution in [0.25, 0.3) is 0 Å². The molecular weight excluding hydrogens is 158 g/mol. The maximum Gasteiger partial charge on any atom is 0.0378 e. The smallest absolute Gasteiger partial charge is 0.0378 e. The SMILES string of the molecule is C=CCNc1ccccc1CC=C. The van der Waals surface area contributed by atoms with Crippen LogP contribution in [0.4, 0.5) is 5.69 Å². The van der Waals surface area contributed by atoms with Crippen LogP contribution in [0, 0.1) is 0 Å². The molecule has 0 aliphatic carbocycles. The van der Waals surface area contributed by atoms with Gasteiger partial charge in [0, 0.05) is 12.2 Å². The minimum Gasteiger partial charge on any atom is -0.381 e. The van der Waals surface area contributed by atoms with Crippen molar-refractivity contribution in [1.82, 2.24) is 0 Å². The minimum absolute atomic E-state index is 0.800. The van der Waals surface area contributed by atoms with Crippen molar-refractivity contribution in [2.24, 2.45) is 0 Å². The molecule has 0 saturated heterocycles. The van der Waals surface area contributed by atoms with E-state index in [0.717, 1.165) is 13.0 Å². The summed E-state index contributed by atoms with van der Waals surface area (Å²) in [4.78, 5) is 0. The van der Waals surface area contributed by atoms with E-state index in [9.17, 15) is 0 Å². The molecule has 13 heavy (non-hydrogen) atoms. The molecule has 1 aromatic rings. The Morgan fingerprint density at radius 2 is 1.92 bits per heavy atom. The molecule has 0 aliphatic rings. The first-order chi connectivity index (χ1) is 6.38. The van der Waals surface area contributed by atoms with Gasteiger partial charge in [0.1, 0.15) is 0 Å². The molecule has 0 saturated carbocycles. The number of rotatable bonds is 5. The summed E-state index contributed by atoms with van der Waals surface area (Å²) < 4.78 is 0. The van der Waals surface area contributed by atoms with Gasteiger partial charge in [-0.05, 0) is 18.1 Å². The Kier molecular flexibility index (Phi) is 3.83. The van der Waals surface area contributed by atoms with Crippen molar-refractivity contribution in [2.45, 2.75) is 6.42 Å². The Balaban J connectivity index is 2.77. The summed E-state index contributed by atoms with van der Waals surface area (Å²) in [6, 6.07) is 8.24. The molecule has 0 aliphatic heterocycles. The van der Waals surface area contributed by atoms with E-state index in [2.05, 4.69) is 30.6 Å². The second-order valence-corrected chi connectivity index (χ2v) is 2.82. The predicted molar refractivity (Wildman–Crippen MR) is 59.0 cm³/mol. The van der Waals surface area contributed by atoms with Crippen LogP contribution in [0.3, 0.4) is 0 Å². The number of hydrogen-bond acceptors (Lipinski definition) is 1. The van der Waals surface area contributed by atoms with Crippen LogP contribution in [0.5, 0.6) is 0 Å². The molecule has 0 atom stereocenters. The molecule has 0 heterocycles. The summed E-state index contributed by atoms with van der Waals surface area (Å²) in [5.41, 5.74) is 2.45. The first kappa shape index (κ1) is 9.59. The number of anilines is 1. The first-order valence-corrected chi connectivity index (χ1v) is 4.42. The van der Waals surface area contributed by atoms with Crippen molar-refractivity contribution in [1.29, 1.82) is 0 Å². The third kappa shape index (κ3) is 2.79. The maximum atomic E-state index is 3.73. The molecule has 1 heteroatoms. The third-order valence-corrected chi connectivity index (χ3v) is 1.82. The van der Waals surface area contributed by atoms with Crippen LogP contribution in [-0.4, -0.2) is 6.54 Å². The Morgan fingerprint density at radius 1 is 1.15 bits per heavy atom. The average molecular weight is 173 g/mol. The topological polar surface area (TPSA) is 12.0 Å². The highest BCUT2D eigenvalue weighted by Crippen LogP contribution is 2.15. The van der Waals surface area contributed by atoms with Gasteiger partial charge in [-0.2, -0.15) is 0 Å². The highest BCUT2D eigenvalue weighted by Gasteiger charge is 1.96. The van der Waals surface area contributed by atoms with Gasteiger partial charge in [0.05, 0.1) is 0 Å². The van der Waals surface area contributed by atoms with E-state index < -0.39 is 0 Å². The highest BCUT2D eigenvalue weighted by molar-refractivity contribution is 5.52. The normalized spacial score (nSPS) is 9.23. The molecule has 0 radical (unpaired) electrons. The number of hydrogen-bond donors (Lipinski definition) is 1. The van der Waals surface area contributed by atoms with E-state index in [0.29, 0.717) is 0 Å². The second kappa shape index (κ2) is 5.20. The van der Waals surface area contributed by atoms with Crippen molar-refractivity contribution >= 4 is 5.69 Å². The molecule has 68 valence electrons. The van der Waals surface area contributed by atoms with Gasteiger partial charge in [-0.15, -0.1) is 13.2 Å². The van der Waals surface area contributed by atoms with Gasteiger partial charge < -0.3 is 5.32 Å². The van der Waals surface area contributed by atoms with Crippen LogP contribution in [0.2, 0.25) is 0 Å². The molecule has 0 unspecified atom stereocenters. The molecule has 1 aromatic carbocycles. The fourth-order valence-corrected chi connectivity index (χ4v) is 1.21. The van der Waals surface area contributed by atoms with E-state index in [1.807, 2.05) is 24.3 Å². The molecular formula is C12H15N. The summed E-state index contributed by atoms with van der Waals surface area (Å²) >= 11 is 0. The standard InChI is InChI=1S/C12H15N/c1-3-7-11-8-5-6-9-12(11)13-10-4-2/h3-6,8-9,13H,1-2,7,10H2. The van der Waals surface area contributed by atoms with Gasteiger partial charge >= 0.3 is 0 Å². The van der Waals surface area contributed by atoms with Gasteiger partial charge in [0.2, 0.25) is 0 Å². The quantitative estimate of drug-likeness (QED) is 0.675. The number of benzene rings is 1. The van der Waals surface area contributed by atoms with Crippen LogP contribution in [-0.2, 0) is 6.42 Å². The lowest BCUT2D eigenvalue weighted by Crippen LogP contribution is -2.00. The summed E-state index contributed by atoms with van der Waals surface area (Å²) in [5, 5.41) is 3.28. The lowest BCUT2D eigenvalue weighted by molar-refractivity contribution is 1.23. The lowest BCUT2D eigenvalue weighted by Gasteiger charge is -2.08. The van der Waals surface area contributed by atoms with E-state index in [1.54, 1.807) is 0 Å². The van der Waals surface area contributed by atoms with Crippen LogP contribution in [0.1, 0.15) is 5.56 Å². The largest absolute Gasteiger partial charge is 0.381 e. The molecule has 0 bridgehead atoms. The summed E-state index contributed by atoms with van der Waals surface area (Å²) in [7, 11) is 0. The van der Waals surface area contributed by atoms with Crippen molar-refractivity contribution in [3.63, 3.8) is 0 Å². The number of allylic oxidation sites excluding steroid dienone is 1. The Hall–Kier alpha value is -1.50. The molecule has 1 N–H and O–H groups in total. The molecule has 1 nitrogen and oxygen atoms in total. The van der Waals surface area contributed by atoms with Crippen LogP contribution < -0.4 is 5.32 Å². The molecule has 0 amide bonds. The Morgan fingerprint density at radius 3 is 2.62 bits per heavy atom. The van der Waals surface area contributed by atoms with E-state index >= 15 is 0 Å². The predicted octanol–water partition coefficient (Wildman–Crippen LogP) is 3.01. The molecule has 0 fully saturated rings. The summed E-state index contributed by atoms with van der Waals surface area (Å²) in [6.45, 7) is 8.20. The monoisotopic (exact) mass is 173 g/mol. The lowest BCUT2D eigenvalue weighted by atomic mass is 10.1. The number of para-hydroxylation sites is 1. The number of nitrogens with one attached hydrogen (secondary N) is 1. The van der Waals surface area contributed by atoms with Gasteiger partial charge in [-0.25, -0.2) is 0 Å². The van der Waals surface area contributed by atoms with Crippen molar-refractivity contribution in [3.8, 4) is 0 Å². The van der Waals surface area contributed by atoms with Crippen molar-refractivity contribution < 1.29 is 0 Å². The Bertz CT molecular complexity index is 289. The van der Waals surface area contributed by atoms with Crippen molar-refractivity contribution in [3.05, 3.63) is 55.1 Å². The highest BCUT2D eigenvalue weighted by atomic mass is 14.9. The van der Waals surface area contributed by atoms with Gasteiger partial charge in [-0.1, -0.05) is 30.4 Å². The zero-order valence-corrected chi connectivity index (χ0v) is 7.79. The van der Waals surface area contributed by atoms with Gasteiger partial charge in [-0.3, -0.25) is 0 Å². The average Bonchev–Trinajstić information content (AvgIpc) is 2.17. The zero-order chi connectivity index (χ0) is 9.52. The van der Waals surface area contributed by atoms with E-state index in [1.165, 1.54) is 11.3 Å². The molecule has 0 spiro atoms. The van der Waals surface area contributed by atoms with Crippen LogP contribution in [0.15, 0.2) is 49.6 Å². The maximum absolute atomic E-state index is 3.73. The van der Waals surface area contributed by atoms with Crippen molar-refractivity contribution in [2.75, 3.05) is 11.9 Å². The fraction of sp³-hybridized carbons (Fsp3) is 0.167. The van der Waals surface area contributed by atoms with Crippen LogP contribution >= 0.6 is 0 Å². The van der Waals surface area contributed by atoms with E-state index in [4.69, 9.17) is 0 Å². The van der Waals surface area contributed by atoms with Gasteiger partial charge in [0.25, 0.3) is 0 Å². The van der Waals surface area contributed by atoms with E-state index in [-0.39, 0.29) is 0 Å². The summed E-state index contributed by atoms with van der Waals surface area (Å²) in [5.74, 6) is 0. The molecule has 0 aromatic heterocycles. The molecule has 1 rings (SSSR count). The third-order valence-electron chi connectivity index (χ3n) is 1.82. The fourth-order valence-electron chi connectivity index (χ4n) is 1.21. The van der Waals surface area contributed by atoms with Gasteiger partial charge in [0.15, 0.2) is 0 Å². The summed E-state index contributed by atoms with van der Waals surface area (Å²) in [6.07, 6.45) is 4.67. The first-order valence-electron chi connectivity index (χ1n) is 4.42. The zero-order valence-electron chi connectivity index (χ0n) is 7.79. The second-order valence-electron chi connectivity index (χ2n) is 2.82.